The summed E-state index contributed by atoms with van der Waals surface area (Å²) in [7, 11) is 0. The lowest BCUT2D eigenvalue weighted by Gasteiger charge is -2.26. The van der Waals surface area contributed by atoms with Gasteiger partial charge in [0.15, 0.2) is 0 Å². The van der Waals surface area contributed by atoms with Crippen molar-refractivity contribution in [1.82, 2.24) is 0 Å². The highest BCUT2D eigenvalue weighted by Gasteiger charge is 2.15. The van der Waals surface area contributed by atoms with E-state index in [1.165, 1.54) is 64.0 Å². The Morgan fingerprint density at radius 1 is 0.326 bits per heavy atom. The maximum absolute atomic E-state index is 2.35. The van der Waals surface area contributed by atoms with E-state index in [9.17, 15) is 0 Å². The molecule has 0 unspecified atom stereocenters. The summed E-state index contributed by atoms with van der Waals surface area (Å²) in [5.74, 6) is 0. The Labute approximate surface area is 272 Å². The highest BCUT2D eigenvalue weighted by molar-refractivity contribution is 7.26. The third-order valence-corrected chi connectivity index (χ3v) is 10.2. The van der Waals surface area contributed by atoms with Crippen LogP contribution in [-0.4, -0.2) is 0 Å². The van der Waals surface area contributed by atoms with Gasteiger partial charge in [-0.1, -0.05) is 121 Å². The minimum Gasteiger partial charge on any atom is -0.310 e. The summed E-state index contributed by atoms with van der Waals surface area (Å²) in [5, 5.41) is 7.77. The van der Waals surface area contributed by atoms with Gasteiger partial charge in [-0.15, -0.1) is 11.3 Å². The summed E-state index contributed by atoms with van der Waals surface area (Å²) < 4.78 is 2.69. The van der Waals surface area contributed by atoms with Crippen LogP contribution in [0.4, 0.5) is 17.1 Å². The molecular formula is C44H29NS. The van der Waals surface area contributed by atoms with Gasteiger partial charge in [0.2, 0.25) is 0 Å². The van der Waals surface area contributed by atoms with Crippen LogP contribution < -0.4 is 4.90 Å². The van der Waals surface area contributed by atoms with Crippen LogP contribution in [0, 0.1) is 0 Å². The minimum atomic E-state index is 1.12. The molecule has 0 saturated heterocycles. The van der Waals surface area contributed by atoms with E-state index in [2.05, 4.69) is 181 Å². The normalized spacial score (nSPS) is 11.5. The molecule has 1 nitrogen and oxygen atoms in total. The zero-order valence-electron chi connectivity index (χ0n) is 25.1. The van der Waals surface area contributed by atoms with Crippen molar-refractivity contribution in [3.63, 3.8) is 0 Å². The topological polar surface area (TPSA) is 3.24 Å². The molecular weight excluding hydrogens is 575 g/mol. The Hall–Kier alpha value is -5.70. The van der Waals surface area contributed by atoms with E-state index >= 15 is 0 Å². The van der Waals surface area contributed by atoms with Crippen LogP contribution in [0.3, 0.4) is 0 Å². The minimum absolute atomic E-state index is 1.12. The molecule has 0 fully saturated rings. The third kappa shape index (κ3) is 4.63. The molecule has 46 heavy (non-hydrogen) atoms. The maximum Gasteiger partial charge on any atom is 0.0468 e. The number of hydrogen-bond acceptors (Lipinski definition) is 2. The zero-order chi connectivity index (χ0) is 30.5. The van der Waals surface area contributed by atoms with Gasteiger partial charge >= 0.3 is 0 Å². The molecule has 9 rings (SSSR count). The van der Waals surface area contributed by atoms with Gasteiger partial charge < -0.3 is 4.90 Å². The number of nitrogens with zero attached hydrogens (tertiary/aromatic N) is 1. The van der Waals surface area contributed by atoms with Crippen LogP contribution in [0.1, 0.15) is 0 Å². The number of thiophene rings is 1. The summed E-state index contributed by atoms with van der Waals surface area (Å²) in [6.45, 7) is 0. The molecule has 0 aliphatic rings. The second-order valence-electron chi connectivity index (χ2n) is 11.8. The van der Waals surface area contributed by atoms with Gasteiger partial charge in [-0.2, -0.15) is 0 Å². The predicted octanol–water partition coefficient (Wildman–Crippen LogP) is 13.2. The van der Waals surface area contributed by atoms with Crippen molar-refractivity contribution < 1.29 is 0 Å². The lowest BCUT2D eigenvalue weighted by Crippen LogP contribution is -2.09. The Morgan fingerprint density at radius 2 is 0.913 bits per heavy atom. The van der Waals surface area contributed by atoms with Gasteiger partial charge in [0.1, 0.15) is 0 Å². The number of anilines is 3. The first-order valence-electron chi connectivity index (χ1n) is 15.7. The molecule has 0 spiro atoms. The number of hydrogen-bond donors (Lipinski definition) is 0. The Balaban J connectivity index is 1.11. The first-order chi connectivity index (χ1) is 22.8. The van der Waals surface area contributed by atoms with Gasteiger partial charge in [0, 0.05) is 37.2 Å². The lowest BCUT2D eigenvalue weighted by atomic mass is 9.98. The fourth-order valence-electron chi connectivity index (χ4n) is 6.73. The fourth-order valence-corrected chi connectivity index (χ4v) is 7.85. The molecule has 216 valence electrons. The Morgan fingerprint density at radius 3 is 1.70 bits per heavy atom. The molecule has 0 bridgehead atoms. The van der Waals surface area contributed by atoms with Crippen molar-refractivity contribution in [2.45, 2.75) is 0 Å². The molecule has 0 aliphatic heterocycles. The van der Waals surface area contributed by atoms with Crippen LogP contribution >= 0.6 is 11.3 Å². The monoisotopic (exact) mass is 603 g/mol. The first-order valence-corrected chi connectivity index (χ1v) is 16.5. The Kier molecular flexibility index (Phi) is 6.40. The van der Waals surface area contributed by atoms with Gasteiger partial charge in [0.25, 0.3) is 0 Å². The number of fused-ring (bicyclic) bond motifs is 6. The van der Waals surface area contributed by atoms with Crippen molar-refractivity contribution >= 4 is 70.1 Å². The molecule has 1 aromatic heterocycles. The molecule has 8 aromatic carbocycles. The van der Waals surface area contributed by atoms with Gasteiger partial charge in [-0.3, -0.25) is 0 Å². The average Bonchev–Trinajstić information content (AvgIpc) is 3.52. The number of benzene rings is 8. The smallest absolute Gasteiger partial charge is 0.0468 e. The van der Waals surface area contributed by atoms with Gasteiger partial charge in [0.05, 0.1) is 0 Å². The first kappa shape index (κ1) is 26.7. The van der Waals surface area contributed by atoms with Crippen LogP contribution in [0.15, 0.2) is 176 Å². The predicted molar refractivity (Wildman–Crippen MR) is 200 cm³/mol. The average molecular weight is 604 g/mol. The highest BCUT2D eigenvalue weighted by Crippen LogP contribution is 2.41. The van der Waals surface area contributed by atoms with Gasteiger partial charge in [-0.05, 0) is 98.4 Å². The summed E-state index contributed by atoms with van der Waals surface area (Å²) in [5.41, 5.74) is 8.25. The molecule has 2 heteroatoms. The van der Waals surface area contributed by atoms with Gasteiger partial charge in [-0.25, -0.2) is 0 Å². The van der Waals surface area contributed by atoms with Crippen molar-refractivity contribution in [2.24, 2.45) is 0 Å². The standard InChI is InChI=1S/C44H29NS/c1-2-8-30(9-3-1)32-14-21-37(22-15-32)45(39-25-18-31-10-4-5-11-34(31)29-39)38-23-16-33(17-24-38)35-19-26-40-36(28-35)20-27-43-44(40)41-12-6-7-13-42(41)46-43/h1-29H. The van der Waals surface area contributed by atoms with E-state index in [1.54, 1.807) is 0 Å². The van der Waals surface area contributed by atoms with E-state index in [1.807, 2.05) is 11.3 Å². The maximum atomic E-state index is 2.35. The van der Waals surface area contributed by atoms with Crippen molar-refractivity contribution in [2.75, 3.05) is 4.90 Å². The van der Waals surface area contributed by atoms with E-state index in [4.69, 9.17) is 0 Å². The van der Waals surface area contributed by atoms with Crippen molar-refractivity contribution in [1.29, 1.82) is 0 Å². The third-order valence-electron chi connectivity index (χ3n) is 9.04. The number of rotatable bonds is 5. The van der Waals surface area contributed by atoms with E-state index in [0.717, 1.165) is 17.1 Å². The molecule has 0 saturated carbocycles. The second-order valence-corrected chi connectivity index (χ2v) is 12.9. The summed E-state index contributed by atoms with van der Waals surface area (Å²) in [6, 6.07) is 63.9. The van der Waals surface area contributed by atoms with Crippen LogP contribution in [-0.2, 0) is 0 Å². The van der Waals surface area contributed by atoms with E-state index in [0.29, 0.717) is 0 Å². The summed E-state index contributed by atoms with van der Waals surface area (Å²) in [4.78, 5) is 2.35. The highest BCUT2D eigenvalue weighted by atomic mass is 32.1. The quantitative estimate of drug-likeness (QED) is 0.189. The molecule has 0 aliphatic carbocycles. The molecule has 9 aromatic rings. The van der Waals surface area contributed by atoms with Crippen LogP contribution in [0.25, 0.3) is 64.0 Å². The molecule has 0 amide bonds. The fraction of sp³-hybridized carbons (Fsp3) is 0. The van der Waals surface area contributed by atoms with Crippen molar-refractivity contribution in [3.8, 4) is 22.3 Å². The van der Waals surface area contributed by atoms with Crippen molar-refractivity contribution in [3.05, 3.63) is 176 Å². The largest absolute Gasteiger partial charge is 0.310 e. The van der Waals surface area contributed by atoms with Crippen LogP contribution in [0.5, 0.6) is 0 Å². The zero-order valence-corrected chi connectivity index (χ0v) is 25.9. The lowest BCUT2D eigenvalue weighted by molar-refractivity contribution is 1.29. The summed E-state index contributed by atoms with van der Waals surface area (Å²) in [6.07, 6.45) is 0. The van der Waals surface area contributed by atoms with Crippen LogP contribution in [0.2, 0.25) is 0 Å². The Bertz CT molecular complexity index is 2510. The van der Waals surface area contributed by atoms with E-state index in [-0.39, 0.29) is 0 Å². The molecule has 0 atom stereocenters. The molecule has 1 heterocycles. The van der Waals surface area contributed by atoms with E-state index < -0.39 is 0 Å². The summed E-state index contributed by atoms with van der Waals surface area (Å²) >= 11 is 1.87. The second kappa shape index (κ2) is 11.0. The SMILES string of the molecule is c1ccc(-c2ccc(N(c3ccc(-c4ccc5c(ccc6sc7ccccc7c65)c4)cc3)c3ccc4ccccc4c3)cc2)cc1. The molecule has 0 N–H and O–H groups in total. The molecule has 0 radical (unpaired) electrons.